The van der Waals surface area contributed by atoms with Crippen molar-refractivity contribution < 1.29 is 24.2 Å². The van der Waals surface area contributed by atoms with Crippen molar-refractivity contribution in [3.63, 3.8) is 0 Å². The molecule has 1 aliphatic rings. The smallest absolute Gasteiger partial charge is 0.417 e. The molecule has 0 aromatic carbocycles. The SMILES string of the molecule is CC1C(C(=O)O)C(=O)N(C(=O)OC(C)(C)C)C1(C)C. The van der Waals surface area contributed by atoms with Crippen LogP contribution in [0.2, 0.25) is 0 Å². The van der Waals surface area contributed by atoms with E-state index in [1.54, 1.807) is 41.5 Å². The predicted octanol–water partition coefficient (Wildman–Crippen LogP) is 1.88. The number of carboxylic acid groups (broad SMARTS) is 1. The largest absolute Gasteiger partial charge is 0.481 e. The molecule has 1 fully saturated rings. The maximum absolute atomic E-state index is 12.1. The Labute approximate surface area is 112 Å². The zero-order chi connectivity index (χ0) is 15.2. The molecule has 0 aromatic rings. The summed E-state index contributed by atoms with van der Waals surface area (Å²) in [7, 11) is 0. The molecule has 0 radical (unpaired) electrons. The standard InChI is InChI=1S/C13H21NO5/c1-7-8(10(16)17)9(15)14(13(7,5)6)11(18)19-12(2,3)4/h7-8H,1-6H3,(H,16,17). The third kappa shape index (κ3) is 2.72. The van der Waals surface area contributed by atoms with E-state index >= 15 is 0 Å². The lowest BCUT2D eigenvalue weighted by Gasteiger charge is -2.34. The van der Waals surface area contributed by atoms with Gasteiger partial charge in [0.25, 0.3) is 0 Å². The van der Waals surface area contributed by atoms with Gasteiger partial charge in [0, 0.05) is 5.92 Å². The Morgan fingerprint density at radius 2 is 1.79 bits per heavy atom. The molecule has 0 bridgehead atoms. The molecule has 1 N–H and O–H groups in total. The number of carbonyl (C=O) groups excluding carboxylic acids is 2. The molecule has 0 aliphatic carbocycles. The van der Waals surface area contributed by atoms with Gasteiger partial charge in [-0.25, -0.2) is 9.69 Å². The fourth-order valence-corrected chi connectivity index (χ4v) is 2.20. The summed E-state index contributed by atoms with van der Waals surface area (Å²) in [6.07, 6.45) is -0.793. The van der Waals surface area contributed by atoms with E-state index in [4.69, 9.17) is 9.84 Å². The average molecular weight is 271 g/mol. The summed E-state index contributed by atoms with van der Waals surface area (Å²) in [6, 6.07) is 0. The highest BCUT2D eigenvalue weighted by Gasteiger charge is 2.57. The van der Waals surface area contributed by atoms with Crippen LogP contribution in [0.4, 0.5) is 4.79 Å². The van der Waals surface area contributed by atoms with Crippen molar-refractivity contribution in [1.29, 1.82) is 0 Å². The van der Waals surface area contributed by atoms with E-state index in [0.29, 0.717) is 0 Å². The first-order chi connectivity index (χ1) is 8.39. The number of carbonyl (C=O) groups is 3. The van der Waals surface area contributed by atoms with Crippen LogP contribution in [0.15, 0.2) is 0 Å². The summed E-state index contributed by atoms with van der Waals surface area (Å²) in [5, 5.41) is 9.12. The monoisotopic (exact) mass is 271 g/mol. The molecule has 0 saturated carbocycles. The van der Waals surface area contributed by atoms with Gasteiger partial charge >= 0.3 is 12.1 Å². The normalized spacial score (nSPS) is 26.4. The van der Waals surface area contributed by atoms with E-state index in [2.05, 4.69) is 0 Å². The number of ether oxygens (including phenoxy) is 1. The van der Waals surface area contributed by atoms with E-state index in [1.807, 2.05) is 0 Å². The lowest BCUT2D eigenvalue weighted by atomic mass is 9.84. The van der Waals surface area contributed by atoms with Crippen LogP contribution in [0, 0.1) is 11.8 Å². The van der Waals surface area contributed by atoms with Crippen molar-refractivity contribution in [3.8, 4) is 0 Å². The lowest BCUT2D eigenvalue weighted by Crippen LogP contribution is -2.49. The minimum Gasteiger partial charge on any atom is -0.481 e. The van der Waals surface area contributed by atoms with Gasteiger partial charge in [-0.2, -0.15) is 0 Å². The molecule has 19 heavy (non-hydrogen) atoms. The van der Waals surface area contributed by atoms with Crippen molar-refractivity contribution >= 4 is 18.0 Å². The first-order valence-corrected chi connectivity index (χ1v) is 6.19. The highest BCUT2D eigenvalue weighted by Crippen LogP contribution is 2.40. The van der Waals surface area contributed by atoms with Crippen molar-refractivity contribution in [2.24, 2.45) is 11.8 Å². The molecule has 0 aromatic heterocycles. The van der Waals surface area contributed by atoms with Gasteiger partial charge in [0.1, 0.15) is 11.5 Å². The first kappa shape index (κ1) is 15.5. The Hall–Kier alpha value is -1.59. The van der Waals surface area contributed by atoms with Gasteiger partial charge in [-0.1, -0.05) is 6.92 Å². The number of likely N-dealkylation sites (tertiary alicyclic amines) is 1. The van der Waals surface area contributed by atoms with E-state index < -0.39 is 40.9 Å². The zero-order valence-corrected chi connectivity index (χ0v) is 12.2. The summed E-state index contributed by atoms with van der Waals surface area (Å²) in [5.41, 5.74) is -1.62. The first-order valence-electron chi connectivity index (χ1n) is 6.19. The summed E-state index contributed by atoms with van der Waals surface area (Å²) in [6.45, 7) is 10.1. The fourth-order valence-electron chi connectivity index (χ4n) is 2.20. The molecule has 1 rings (SSSR count). The third-order valence-electron chi connectivity index (χ3n) is 3.52. The van der Waals surface area contributed by atoms with Gasteiger partial charge < -0.3 is 9.84 Å². The van der Waals surface area contributed by atoms with Gasteiger partial charge in [-0.05, 0) is 34.6 Å². The van der Waals surface area contributed by atoms with Gasteiger partial charge in [-0.15, -0.1) is 0 Å². The number of hydrogen-bond donors (Lipinski definition) is 1. The molecular formula is C13H21NO5. The van der Waals surface area contributed by atoms with E-state index in [-0.39, 0.29) is 0 Å². The molecule has 1 heterocycles. The number of carboxylic acids is 1. The van der Waals surface area contributed by atoms with E-state index in [1.165, 1.54) is 0 Å². The molecule has 1 aliphatic heterocycles. The molecule has 6 heteroatoms. The second kappa shape index (κ2) is 4.51. The Kier molecular flexibility index (Phi) is 3.67. The summed E-state index contributed by atoms with van der Waals surface area (Å²) in [5.74, 6) is -3.61. The summed E-state index contributed by atoms with van der Waals surface area (Å²) in [4.78, 5) is 36.3. The van der Waals surface area contributed by atoms with Crippen LogP contribution < -0.4 is 0 Å². The van der Waals surface area contributed by atoms with Crippen LogP contribution in [0.5, 0.6) is 0 Å². The van der Waals surface area contributed by atoms with Gasteiger partial charge in [0.2, 0.25) is 5.91 Å². The van der Waals surface area contributed by atoms with Crippen LogP contribution >= 0.6 is 0 Å². The molecule has 2 unspecified atom stereocenters. The molecule has 6 nitrogen and oxygen atoms in total. The Bertz CT molecular complexity index is 421. The second-order valence-electron chi connectivity index (χ2n) is 6.41. The number of rotatable bonds is 1. The topological polar surface area (TPSA) is 83.9 Å². The van der Waals surface area contributed by atoms with Gasteiger partial charge in [0.15, 0.2) is 0 Å². The van der Waals surface area contributed by atoms with Crippen LogP contribution in [0.25, 0.3) is 0 Å². The van der Waals surface area contributed by atoms with E-state index in [9.17, 15) is 14.4 Å². The third-order valence-corrected chi connectivity index (χ3v) is 3.52. The van der Waals surface area contributed by atoms with Crippen LogP contribution in [0.1, 0.15) is 41.5 Å². The minimum atomic E-state index is -1.21. The number of amides is 2. The maximum Gasteiger partial charge on any atom is 0.417 e. The van der Waals surface area contributed by atoms with E-state index in [0.717, 1.165) is 4.90 Å². The Morgan fingerprint density at radius 3 is 2.11 bits per heavy atom. The number of aliphatic carboxylic acids is 1. The Morgan fingerprint density at radius 1 is 1.32 bits per heavy atom. The van der Waals surface area contributed by atoms with Crippen LogP contribution in [-0.4, -0.2) is 39.1 Å². The van der Waals surface area contributed by atoms with Crippen LogP contribution in [0.3, 0.4) is 0 Å². The molecular weight excluding hydrogens is 250 g/mol. The number of hydrogen-bond acceptors (Lipinski definition) is 4. The minimum absolute atomic E-state index is 0.481. The quantitative estimate of drug-likeness (QED) is 0.736. The zero-order valence-electron chi connectivity index (χ0n) is 12.2. The number of imide groups is 1. The van der Waals surface area contributed by atoms with Crippen molar-refractivity contribution in [2.45, 2.75) is 52.7 Å². The summed E-state index contributed by atoms with van der Waals surface area (Å²) < 4.78 is 5.18. The molecule has 1 saturated heterocycles. The maximum atomic E-state index is 12.1. The van der Waals surface area contributed by atoms with Crippen molar-refractivity contribution in [1.82, 2.24) is 4.90 Å². The molecule has 2 atom stereocenters. The van der Waals surface area contributed by atoms with Gasteiger partial charge in [0.05, 0.1) is 5.54 Å². The average Bonchev–Trinajstić information content (AvgIpc) is 2.29. The fraction of sp³-hybridized carbons (Fsp3) is 0.769. The molecule has 0 spiro atoms. The van der Waals surface area contributed by atoms with Crippen molar-refractivity contribution in [3.05, 3.63) is 0 Å². The second-order valence-corrected chi connectivity index (χ2v) is 6.41. The van der Waals surface area contributed by atoms with Gasteiger partial charge in [-0.3, -0.25) is 9.59 Å². The highest BCUT2D eigenvalue weighted by molar-refractivity contribution is 6.06. The molecule has 108 valence electrons. The lowest BCUT2D eigenvalue weighted by molar-refractivity contribution is -0.148. The molecule has 2 amide bonds. The Balaban J connectivity index is 3.10. The number of nitrogens with zero attached hydrogens (tertiary/aromatic N) is 1. The van der Waals surface area contributed by atoms with Crippen molar-refractivity contribution in [2.75, 3.05) is 0 Å². The summed E-state index contributed by atoms with van der Waals surface area (Å²) >= 11 is 0. The van der Waals surface area contributed by atoms with Crippen LogP contribution in [-0.2, 0) is 14.3 Å². The predicted molar refractivity (Wildman–Crippen MR) is 67.4 cm³/mol. The highest BCUT2D eigenvalue weighted by atomic mass is 16.6.